The maximum atomic E-state index is 12.2. The van der Waals surface area contributed by atoms with E-state index in [1.807, 2.05) is 0 Å². The Hall–Kier alpha value is -0.910. The second-order valence-corrected chi connectivity index (χ2v) is 2.92. The molecule has 2 nitrogen and oxygen atoms in total. The molecule has 0 unspecified atom stereocenters. The van der Waals surface area contributed by atoms with Gasteiger partial charge in [-0.3, -0.25) is 4.79 Å². The number of ketones is 1. The van der Waals surface area contributed by atoms with Crippen LogP contribution in [0.2, 0.25) is 0 Å². The highest BCUT2D eigenvalue weighted by molar-refractivity contribution is 5.79. The summed E-state index contributed by atoms with van der Waals surface area (Å²) in [5, 5.41) is 0. The van der Waals surface area contributed by atoms with Gasteiger partial charge in [0.25, 0.3) is 0 Å². The van der Waals surface area contributed by atoms with Crippen LogP contribution < -0.4 is 0 Å². The topological polar surface area (TPSA) is 26.3 Å². The van der Waals surface area contributed by atoms with Crippen molar-refractivity contribution in [3.8, 4) is 0 Å². The number of hydrogen-bond donors (Lipinski definition) is 0. The fourth-order valence-corrected chi connectivity index (χ4v) is 0.699. The van der Waals surface area contributed by atoms with Gasteiger partial charge in [0.05, 0.1) is 0 Å². The van der Waals surface area contributed by atoms with Crippen molar-refractivity contribution in [2.24, 2.45) is 0 Å². The summed E-state index contributed by atoms with van der Waals surface area (Å²) in [5.41, 5.74) is 0. The number of alkyl halides is 4. The van der Waals surface area contributed by atoms with Crippen LogP contribution in [0.15, 0.2) is 12.7 Å². The lowest BCUT2D eigenvalue weighted by atomic mass is 10.2. The van der Waals surface area contributed by atoms with Gasteiger partial charge < -0.3 is 4.74 Å². The molecule has 0 saturated heterocycles. The second kappa shape index (κ2) is 6.55. The maximum absolute atomic E-state index is 12.2. The molecule has 0 saturated carbocycles. The Labute approximate surface area is 84.9 Å². The first-order chi connectivity index (χ1) is 6.90. The zero-order valence-electron chi connectivity index (χ0n) is 8.02. The number of ether oxygens (including phenoxy) is 1. The molecule has 0 radical (unpaired) electrons. The van der Waals surface area contributed by atoms with Crippen LogP contribution in [0.4, 0.5) is 17.6 Å². The molecule has 0 heterocycles. The molecule has 0 aromatic heterocycles. The van der Waals surface area contributed by atoms with E-state index < -0.39 is 31.3 Å². The molecule has 0 aromatic carbocycles. The van der Waals surface area contributed by atoms with Gasteiger partial charge in [0.1, 0.15) is 13.2 Å². The van der Waals surface area contributed by atoms with Gasteiger partial charge in [0.15, 0.2) is 5.78 Å². The van der Waals surface area contributed by atoms with E-state index in [4.69, 9.17) is 0 Å². The monoisotopic (exact) mass is 228 g/mol. The van der Waals surface area contributed by atoms with Gasteiger partial charge in [-0.15, -0.1) is 6.58 Å². The lowest BCUT2D eigenvalue weighted by Crippen LogP contribution is -2.33. The first kappa shape index (κ1) is 14.1. The van der Waals surface area contributed by atoms with Crippen molar-refractivity contribution < 1.29 is 27.1 Å². The number of rotatable bonds is 8. The summed E-state index contributed by atoms with van der Waals surface area (Å²) in [5.74, 6) is -4.61. The molecule has 0 N–H and O–H groups in total. The van der Waals surface area contributed by atoms with Crippen LogP contribution in [0.5, 0.6) is 0 Å². The number of halogens is 4. The normalized spacial score (nSPS) is 11.8. The van der Waals surface area contributed by atoms with Gasteiger partial charge in [-0.1, -0.05) is 6.08 Å². The van der Waals surface area contributed by atoms with Gasteiger partial charge in [-0.25, -0.2) is 8.78 Å². The van der Waals surface area contributed by atoms with Gasteiger partial charge in [0, 0.05) is 6.42 Å². The largest absolute Gasteiger partial charge is 0.367 e. The molecule has 15 heavy (non-hydrogen) atoms. The Morgan fingerprint density at radius 2 is 2.07 bits per heavy atom. The van der Waals surface area contributed by atoms with E-state index in [1.165, 1.54) is 6.08 Å². The van der Waals surface area contributed by atoms with Crippen LogP contribution in [-0.4, -0.2) is 31.3 Å². The molecule has 0 bridgehead atoms. The average molecular weight is 228 g/mol. The quantitative estimate of drug-likeness (QED) is 0.471. The third-order valence-corrected chi connectivity index (χ3v) is 1.50. The molecule has 88 valence electrons. The summed E-state index contributed by atoms with van der Waals surface area (Å²) in [6, 6.07) is 0. The van der Waals surface area contributed by atoms with Crippen LogP contribution in [0.25, 0.3) is 0 Å². The molecule has 0 aliphatic carbocycles. The molecular weight excluding hydrogens is 216 g/mol. The van der Waals surface area contributed by atoms with E-state index in [1.54, 1.807) is 0 Å². The van der Waals surface area contributed by atoms with Crippen molar-refractivity contribution in [3.63, 3.8) is 0 Å². The Bertz CT molecular complexity index is 216. The average Bonchev–Trinajstić information content (AvgIpc) is 2.14. The van der Waals surface area contributed by atoms with Crippen molar-refractivity contribution in [1.29, 1.82) is 0 Å². The minimum Gasteiger partial charge on any atom is -0.367 e. The second-order valence-electron chi connectivity index (χ2n) is 2.92. The highest BCUT2D eigenvalue weighted by atomic mass is 19.3. The predicted molar refractivity (Wildman–Crippen MR) is 46.2 cm³/mol. The van der Waals surface area contributed by atoms with Crippen LogP contribution in [0.3, 0.4) is 0 Å². The van der Waals surface area contributed by atoms with Crippen molar-refractivity contribution in [2.45, 2.75) is 25.2 Å². The standard InChI is InChI=1S/C9H12F4O2/c1-2-3-4-7(14)5-15-6-9(12,13)8(10)11/h2,8H,1,3-6H2. The number of carbonyl (C=O) groups is 1. The third-order valence-electron chi connectivity index (χ3n) is 1.50. The van der Waals surface area contributed by atoms with Crippen LogP contribution >= 0.6 is 0 Å². The summed E-state index contributed by atoms with van der Waals surface area (Å²) < 4.78 is 51.9. The Morgan fingerprint density at radius 1 is 1.47 bits per heavy atom. The SMILES string of the molecule is C=CCCC(=O)COCC(F)(F)C(F)F. The summed E-state index contributed by atoms with van der Waals surface area (Å²) in [6.45, 7) is 1.35. The number of hydrogen-bond acceptors (Lipinski definition) is 2. The smallest absolute Gasteiger partial charge is 0.330 e. The minimum absolute atomic E-state index is 0.115. The molecule has 0 amide bonds. The summed E-state index contributed by atoms with van der Waals surface area (Å²) in [6.07, 6.45) is -1.76. The molecular formula is C9H12F4O2. The number of carbonyl (C=O) groups excluding carboxylic acids is 1. The van der Waals surface area contributed by atoms with E-state index in [2.05, 4.69) is 11.3 Å². The zero-order chi connectivity index (χ0) is 11.9. The molecule has 0 aromatic rings. The first-order valence-electron chi connectivity index (χ1n) is 4.26. The van der Waals surface area contributed by atoms with Crippen molar-refractivity contribution in [2.75, 3.05) is 13.2 Å². The Balaban J connectivity index is 3.69. The summed E-state index contributed by atoms with van der Waals surface area (Å²) in [7, 11) is 0. The number of Topliss-reactive ketones (excluding diaryl/α,β-unsaturated/α-hetero) is 1. The minimum atomic E-state index is -4.20. The first-order valence-corrected chi connectivity index (χ1v) is 4.26. The van der Waals surface area contributed by atoms with E-state index >= 15 is 0 Å². The van der Waals surface area contributed by atoms with E-state index in [-0.39, 0.29) is 6.42 Å². The molecule has 0 fully saturated rings. The number of allylic oxidation sites excluding steroid dienone is 1. The van der Waals surface area contributed by atoms with Crippen LogP contribution in [-0.2, 0) is 9.53 Å². The van der Waals surface area contributed by atoms with Gasteiger partial charge >= 0.3 is 12.3 Å². The molecule has 0 aliphatic rings. The lowest BCUT2D eigenvalue weighted by molar-refractivity contribution is -0.168. The fourth-order valence-electron chi connectivity index (χ4n) is 0.699. The van der Waals surface area contributed by atoms with Gasteiger partial charge in [-0.05, 0) is 6.42 Å². The maximum Gasteiger partial charge on any atom is 0.330 e. The van der Waals surface area contributed by atoms with E-state index in [0.717, 1.165) is 0 Å². The fraction of sp³-hybridized carbons (Fsp3) is 0.667. The third kappa shape index (κ3) is 6.22. The van der Waals surface area contributed by atoms with Crippen LogP contribution in [0, 0.1) is 0 Å². The van der Waals surface area contributed by atoms with Crippen molar-refractivity contribution in [1.82, 2.24) is 0 Å². The predicted octanol–water partition coefficient (Wildman–Crippen LogP) is 2.44. The molecule has 6 heteroatoms. The van der Waals surface area contributed by atoms with Crippen LogP contribution in [0.1, 0.15) is 12.8 Å². The van der Waals surface area contributed by atoms with Crippen molar-refractivity contribution >= 4 is 5.78 Å². The highest BCUT2D eigenvalue weighted by Gasteiger charge is 2.41. The van der Waals surface area contributed by atoms with E-state index in [9.17, 15) is 22.4 Å². The van der Waals surface area contributed by atoms with E-state index in [0.29, 0.717) is 6.42 Å². The molecule has 0 spiro atoms. The molecule has 0 rings (SSSR count). The Kier molecular flexibility index (Phi) is 6.15. The lowest BCUT2D eigenvalue weighted by Gasteiger charge is -2.14. The molecule has 0 aliphatic heterocycles. The zero-order valence-corrected chi connectivity index (χ0v) is 8.02. The van der Waals surface area contributed by atoms with Crippen molar-refractivity contribution in [3.05, 3.63) is 12.7 Å². The Morgan fingerprint density at radius 3 is 2.53 bits per heavy atom. The van der Waals surface area contributed by atoms with Gasteiger partial charge in [0.2, 0.25) is 0 Å². The van der Waals surface area contributed by atoms with Gasteiger partial charge in [-0.2, -0.15) is 8.78 Å². The highest BCUT2D eigenvalue weighted by Crippen LogP contribution is 2.22. The molecule has 0 atom stereocenters. The summed E-state index contributed by atoms with van der Waals surface area (Å²) >= 11 is 0. The summed E-state index contributed by atoms with van der Waals surface area (Å²) in [4.78, 5) is 10.9.